The van der Waals surface area contributed by atoms with Gasteiger partial charge in [0, 0.05) is 55.0 Å². The number of thiazole rings is 1. The van der Waals surface area contributed by atoms with Crippen LogP contribution in [0.2, 0.25) is 0 Å². The van der Waals surface area contributed by atoms with E-state index in [2.05, 4.69) is 31.6 Å². The number of aromatic nitrogens is 2. The van der Waals surface area contributed by atoms with Crippen LogP contribution in [0.5, 0.6) is 0 Å². The van der Waals surface area contributed by atoms with Crippen LogP contribution >= 0.6 is 11.3 Å². The van der Waals surface area contributed by atoms with Gasteiger partial charge in [-0.1, -0.05) is 36.4 Å². The summed E-state index contributed by atoms with van der Waals surface area (Å²) in [6.07, 6.45) is 3.73. The van der Waals surface area contributed by atoms with Crippen molar-refractivity contribution in [3.63, 3.8) is 0 Å². The Morgan fingerprint density at radius 3 is 2.35 bits per heavy atom. The fourth-order valence-corrected chi connectivity index (χ4v) is 8.27. The van der Waals surface area contributed by atoms with Gasteiger partial charge in [0.2, 0.25) is 33.7 Å². The van der Waals surface area contributed by atoms with Crippen molar-refractivity contribution in [2.75, 3.05) is 56.4 Å². The number of imide groups is 2. The van der Waals surface area contributed by atoms with E-state index in [-0.39, 0.29) is 61.6 Å². The van der Waals surface area contributed by atoms with E-state index < -0.39 is 51.5 Å². The van der Waals surface area contributed by atoms with E-state index in [1.165, 1.54) is 35.9 Å². The molecular formula is C44H44N8O11S2. The average molecular weight is 925 g/mol. The van der Waals surface area contributed by atoms with E-state index >= 15 is 0 Å². The van der Waals surface area contributed by atoms with Gasteiger partial charge in [-0.15, -0.1) is 11.3 Å². The molecule has 21 heteroatoms. The van der Waals surface area contributed by atoms with Crippen LogP contribution in [0, 0.1) is 0 Å². The lowest BCUT2D eigenvalue weighted by Gasteiger charge is -2.27. The molecule has 3 aromatic carbocycles. The van der Waals surface area contributed by atoms with E-state index in [1.54, 1.807) is 17.5 Å². The number of amides is 7. The number of hydrogen-bond donors (Lipinski definition) is 5. The van der Waals surface area contributed by atoms with Crippen molar-refractivity contribution in [3.05, 3.63) is 113 Å². The van der Waals surface area contributed by atoms with Crippen molar-refractivity contribution in [1.82, 2.24) is 29.8 Å². The molecule has 2 aliphatic heterocycles. The molecule has 338 valence electrons. The highest BCUT2D eigenvalue weighted by molar-refractivity contribution is 7.89. The number of nitrogens with one attached hydrogen (secondary N) is 5. The molecule has 7 amide bonds. The highest BCUT2D eigenvalue weighted by atomic mass is 32.2. The summed E-state index contributed by atoms with van der Waals surface area (Å²) in [6.45, 7) is 1.50. The number of carbonyl (C=O) groups excluding carboxylic acids is 7. The van der Waals surface area contributed by atoms with Crippen molar-refractivity contribution in [2.24, 2.45) is 0 Å². The summed E-state index contributed by atoms with van der Waals surface area (Å²) in [4.78, 5) is 92.7. The first-order valence-electron chi connectivity index (χ1n) is 20.4. The van der Waals surface area contributed by atoms with Crippen LogP contribution < -0.4 is 26.6 Å². The van der Waals surface area contributed by atoms with E-state index in [9.17, 15) is 42.0 Å². The minimum Gasteiger partial charge on any atom is -0.383 e. The van der Waals surface area contributed by atoms with Gasteiger partial charge in [-0.05, 0) is 59.5 Å². The van der Waals surface area contributed by atoms with Crippen molar-refractivity contribution in [3.8, 4) is 22.4 Å². The third-order valence-electron chi connectivity index (χ3n) is 10.2. The summed E-state index contributed by atoms with van der Waals surface area (Å²) in [6, 6.07) is 20.6. The zero-order valence-electron chi connectivity index (χ0n) is 35.0. The smallest absolute Gasteiger partial charge is 0.262 e. The molecule has 0 saturated carbocycles. The third-order valence-corrected chi connectivity index (χ3v) is 12.0. The number of nitrogens with zero attached hydrogens (tertiary/aromatic N) is 3. The van der Waals surface area contributed by atoms with Crippen LogP contribution in [0.25, 0.3) is 22.4 Å². The van der Waals surface area contributed by atoms with Gasteiger partial charge in [0.1, 0.15) is 6.04 Å². The standard InChI is InChI=1S/C44H44N8O11S2/c1-65(60,61)51-15-12-31(25-51)40(56)47-24-39(55)50-44-48-35(26-64-44)30-7-3-6-29(21-30)28-5-2-4-27(20-28)23-46-37(53)13-16-62-18-19-63-17-14-45-32-8-9-33-34(22-32)43(59)52(42(33)58)36-10-11-38(54)49-41(36)57/h2-9,12,15,20-22,25-26,36,45H,10-11,13-14,16-19,23-24H2,1H3,(H,46,53)(H,47,56)(H,48,50,55)(H,49,54,57). The Kier molecular flexibility index (Phi) is 14.6. The molecule has 4 heterocycles. The molecule has 1 unspecified atom stereocenters. The van der Waals surface area contributed by atoms with Crippen molar-refractivity contribution < 1.29 is 51.5 Å². The second kappa shape index (κ2) is 20.6. The number of hydrogen-bond acceptors (Lipinski definition) is 14. The number of ether oxygens (including phenoxy) is 2. The van der Waals surface area contributed by atoms with Crippen LogP contribution in [-0.2, 0) is 45.2 Å². The first-order chi connectivity index (χ1) is 31.2. The zero-order valence-corrected chi connectivity index (χ0v) is 36.6. The van der Waals surface area contributed by atoms with Gasteiger partial charge in [0.15, 0.2) is 5.13 Å². The quantitative estimate of drug-likeness (QED) is 0.0557. The van der Waals surface area contributed by atoms with E-state index in [0.29, 0.717) is 42.8 Å². The Labute approximate surface area is 376 Å². The normalized spacial score (nSPS) is 14.8. The monoisotopic (exact) mass is 924 g/mol. The maximum absolute atomic E-state index is 13.0. The summed E-state index contributed by atoms with van der Waals surface area (Å²) in [5.74, 6) is -3.51. The van der Waals surface area contributed by atoms with E-state index in [0.717, 1.165) is 37.4 Å². The summed E-state index contributed by atoms with van der Waals surface area (Å²) < 4.78 is 35.4. The maximum atomic E-state index is 13.0. The van der Waals surface area contributed by atoms with Crippen LogP contribution in [0.1, 0.15) is 55.9 Å². The first-order valence-corrected chi connectivity index (χ1v) is 23.1. The van der Waals surface area contributed by atoms with Gasteiger partial charge in [0.05, 0.1) is 61.6 Å². The highest BCUT2D eigenvalue weighted by Crippen LogP contribution is 2.31. The highest BCUT2D eigenvalue weighted by Gasteiger charge is 2.44. The Morgan fingerprint density at radius 1 is 0.846 bits per heavy atom. The lowest BCUT2D eigenvalue weighted by Crippen LogP contribution is -2.54. The number of carbonyl (C=O) groups is 7. The van der Waals surface area contributed by atoms with Crippen molar-refractivity contribution in [1.29, 1.82) is 0 Å². The molecule has 19 nitrogen and oxygen atoms in total. The van der Waals surface area contributed by atoms with Gasteiger partial charge in [-0.2, -0.15) is 0 Å². The lowest BCUT2D eigenvalue weighted by atomic mass is 10.0. The fraction of sp³-hybridized carbons (Fsp3) is 0.273. The first kappa shape index (κ1) is 45.9. The molecule has 0 radical (unpaired) electrons. The predicted molar refractivity (Wildman–Crippen MR) is 238 cm³/mol. The molecule has 65 heavy (non-hydrogen) atoms. The van der Waals surface area contributed by atoms with Crippen molar-refractivity contribution >= 4 is 73.5 Å². The van der Waals surface area contributed by atoms with E-state index in [4.69, 9.17) is 9.47 Å². The van der Waals surface area contributed by atoms with Gasteiger partial charge >= 0.3 is 0 Å². The zero-order chi connectivity index (χ0) is 46.1. The second-order valence-corrected chi connectivity index (χ2v) is 17.7. The molecule has 5 N–H and O–H groups in total. The third kappa shape index (κ3) is 11.7. The van der Waals surface area contributed by atoms with Gasteiger partial charge in [-0.25, -0.2) is 13.4 Å². The average Bonchev–Trinajstić information content (AvgIpc) is 4.04. The summed E-state index contributed by atoms with van der Waals surface area (Å²) in [7, 11) is -3.54. The largest absolute Gasteiger partial charge is 0.383 e. The molecule has 1 saturated heterocycles. The van der Waals surface area contributed by atoms with Gasteiger partial charge in [0.25, 0.3) is 17.7 Å². The molecule has 0 bridgehead atoms. The fourth-order valence-electron chi connectivity index (χ4n) is 6.95. The van der Waals surface area contributed by atoms with Crippen LogP contribution in [0.4, 0.5) is 10.8 Å². The number of anilines is 2. The lowest BCUT2D eigenvalue weighted by molar-refractivity contribution is -0.136. The number of fused-ring (bicyclic) bond motifs is 1. The van der Waals surface area contributed by atoms with Crippen LogP contribution in [0.3, 0.4) is 0 Å². The molecule has 5 aromatic rings. The Hall–Kier alpha value is -7.07. The topological polar surface area (TPSA) is 253 Å². The Balaban J connectivity index is 0.774. The van der Waals surface area contributed by atoms with Crippen molar-refractivity contribution in [2.45, 2.75) is 31.8 Å². The molecule has 1 fully saturated rings. The SMILES string of the molecule is CS(=O)(=O)n1ccc(C(=O)NCC(=O)Nc2nc(-c3cccc(-c4cccc(CNC(=O)CCOCCOCCNc5ccc6c(c5)C(=O)N(C5CCC(=O)NC5=O)C6=O)c4)c3)cs2)c1. The van der Waals surface area contributed by atoms with E-state index in [1.807, 2.05) is 48.5 Å². The Bertz CT molecular complexity index is 2770. The summed E-state index contributed by atoms with van der Waals surface area (Å²) >= 11 is 1.23. The minimum atomic E-state index is -3.54. The molecule has 2 aliphatic rings. The molecule has 0 spiro atoms. The minimum absolute atomic E-state index is 0.0478. The molecule has 0 aliphatic carbocycles. The number of rotatable bonds is 20. The van der Waals surface area contributed by atoms with Gasteiger partial charge < -0.3 is 30.7 Å². The second-order valence-electron chi connectivity index (χ2n) is 14.9. The predicted octanol–water partition coefficient (Wildman–Crippen LogP) is 3.01. The maximum Gasteiger partial charge on any atom is 0.262 e. The van der Waals surface area contributed by atoms with Gasteiger partial charge in [-0.3, -0.25) is 47.8 Å². The van der Waals surface area contributed by atoms with Crippen LogP contribution in [-0.4, -0.2) is 115 Å². The molecule has 1 atom stereocenters. The Morgan fingerprint density at radius 2 is 1.58 bits per heavy atom. The number of benzene rings is 3. The summed E-state index contributed by atoms with van der Waals surface area (Å²) in [5, 5.41) is 15.5. The molecule has 2 aromatic heterocycles. The molecule has 7 rings (SSSR count). The molecular weight excluding hydrogens is 881 g/mol. The number of piperidine rings is 1. The summed E-state index contributed by atoms with van der Waals surface area (Å²) in [5.41, 5.74) is 5.30. The van der Waals surface area contributed by atoms with Crippen LogP contribution in [0.15, 0.2) is 90.6 Å².